The summed E-state index contributed by atoms with van der Waals surface area (Å²) >= 11 is 0. The molecule has 0 amide bonds. The summed E-state index contributed by atoms with van der Waals surface area (Å²) in [7, 11) is 0. The van der Waals surface area contributed by atoms with Crippen LogP contribution in [0.5, 0.6) is 0 Å². The summed E-state index contributed by atoms with van der Waals surface area (Å²) in [4.78, 5) is 24.2. The van der Waals surface area contributed by atoms with Gasteiger partial charge < -0.3 is 9.47 Å². The molecular weight excluding hydrogens is 544 g/mol. The summed E-state index contributed by atoms with van der Waals surface area (Å²) in [6.07, 6.45) is 41.9. The standard InChI is InChI=1S/C40H76O4/c1-4-6-8-10-12-14-16-18-20-22-24-26-28-30-32-34-36-43-39(41)38(3)40(42)44-37-35-33-31-29-27-25-23-21-19-17-15-13-11-9-7-5-2/h3-37H2,1-2H3. The third-order valence-corrected chi connectivity index (χ3v) is 8.95. The molecule has 4 heteroatoms. The molecule has 260 valence electrons. The second kappa shape index (κ2) is 36.2. The van der Waals surface area contributed by atoms with Crippen molar-refractivity contribution in [3.8, 4) is 0 Å². The average Bonchev–Trinajstić information content (AvgIpc) is 3.03. The van der Waals surface area contributed by atoms with Gasteiger partial charge in [-0.3, -0.25) is 0 Å². The molecule has 0 saturated carbocycles. The first kappa shape index (κ1) is 42.7. The summed E-state index contributed by atoms with van der Waals surface area (Å²) in [6, 6.07) is 0. The van der Waals surface area contributed by atoms with Crippen molar-refractivity contribution in [3.05, 3.63) is 12.2 Å². The Morgan fingerprint density at radius 2 is 0.523 bits per heavy atom. The summed E-state index contributed by atoms with van der Waals surface area (Å²) in [5, 5.41) is 0. The van der Waals surface area contributed by atoms with Gasteiger partial charge in [-0.05, 0) is 12.8 Å². The lowest BCUT2D eigenvalue weighted by Gasteiger charge is -2.08. The molecule has 0 heterocycles. The van der Waals surface area contributed by atoms with Gasteiger partial charge in [-0.15, -0.1) is 0 Å². The molecule has 0 radical (unpaired) electrons. The Morgan fingerprint density at radius 1 is 0.341 bits per heavy atom. The Hall–Kier alpha value is -1.32. The van der Waals surface area contributed by atoms with Crippen LogP contribution in [0.4, 0.5) is 0 Å². The highest BCUT2D eigenvalue weighted by Crippen LogP contribution is 2.15. The van der Waals surface area contributed by atoms with Crippen molar-refractivity contribution in [2.75, 3.05) is 13.2 Å². The fraction of sp³-hybridized carbons (Fsp3) is 0.900. The monoisotopic (exact) mass is 621 g/mol. The van der Waals surface area contributed by atoms with E-state index in [1.54, 1.807) is 0 Å². The molecule has 0 fully saturated rings. The number of rotatable bonds is 36. The predicted octanol–water partition coefficient (Wildman–Crippen LogP) is 13.2. The summed E-state index contributed by atoms with van der Waals surface area (Å²) in [6.45, 7) is 8.85. The molecule has 0 aliphatic heterocycles. The molecule has 0 atom stereocenters. The zero-order valence-corrected chi connectivity index (χ0v) is 29.9. The number of hydrogen-bond acceptors (Lipinski definition) is 4. The van der Waals surface area contributed by atoms with Gasteiger partial charge in [-0.2, -0.15) is 0 Å². The normalized spacial score (nSPS) is 11.1. The highest BCUT2D eigenvalue weighted by molar-refractivity contribution is 6.13. The van der Waals surface area contributed by atoms with Crippen LogP contribution in [-0.2, 0) is 19.1 Å². The molecule has 0 rings (SSSR count). The van der Waals surface area contributed by atoms with Gasteiger partial charge in [-0.25, -0.2) is 9.59 Å². The maximum absolute atomic E-state index is 12.1. The van der Waals surface area contributed by atoms with Crippen LogP contribution >= 0.6 is 0 Å². The zero-order valence-electron chi connectivity index (χ0n) is 29.9. The van der Waals surface area contributed by atoms with Crippen LogP contribution in [0.15, 0.2) is 12.2 Å². The number of unbranched alkanes of at least 4 members (excludes halogenated alkanes) is 30. The molecule has 0 bridgehead atoms. The van der Waals surface area contributed by atoms with Gasteiger partial charge in [0.1, 0.15) is 5.57 Å². The second-order valence-corrected chi connectivity index (χ2v) is 13.4. The van der Waals surface area contributed by atoms with Gasteiger partial charge >= 0.3 is 11.9 Å². The van der Waals surface area contributed by atoms with E-state index in [9.17, 15) is 9.59 Å². The molecule has 0 N–H and O–H groups in total. The van der Waals surface area contributed by atoms with Gasteiger partial charge in [0.2, 0.25) is 0 Å². The van der Waals surface area contributed by atoms with Crippen LogP contribution in [0, 0.1) is 0 Å². The minimum atomic E-state index is -0.636. The van der Waals surface area contributed by atoms with Gasteiger partial charge in [0.05, 0.1) is 13.2 Å². The van der Waals surface area contributed by atoms with Crippen LogP contribution in [0.1, 0.15) is 219 Å². The minimum Gasteiger partial charge on any atom is -0.462 e. The molecule has 0 aliphatic carbocycles. The Kier molecular flexibility index (Phi) is 35.1. The van der Waals surface area contributed by atoms with E-state index >= 15 is 0 Å². The van der Waals surface area contributed by atoms with E-state index in [2.05, 4.69) is 20.4 Å². The molecule has 0 aromatic heterocycles. The Morgan fingerprint density at radius 3 is 0.727 bits per heavy atom. The number of carbonyl (C=O) groups excluding carboxylic acids is 2. The highest BCUT2D eigenvalue weighted by atomic mass is 16.6. The zero-order chi connectivity index (χ0) is 32.2. The lowest BCUT2D eigenvalue weighted by atomic mass is 10.0. The topological polar surface area (TPSA) is 52.6 Å². The number of hydrogen-bond donors (Lipinski definition) is 0. The van der Waals surface area contributed by atoms with E-state index in [1.165, 1.54) is 180 Å². The molecule has 0 unspecified atom stereocenters. The Bertz CT molecular complexity index is 577. The molecule has 0 aliphatic rings. The van der Waals surface area contributed by atoms with Crippen LogP contribution in [0.25, 0.3) is 0 Å². The SMILES string of the molecule is C=C(C(=O)OCCCCCCCCCCCCCCCCCC)C(=O)OCCCCCCCCCCCCCCCCCC. The van der Waals surface area contributed by atoms with E-state index in [-0.39, 0.29) is 5.57 Å². The molecule has 0 spiro atoms. The maximum Gasteiger partial charge on any atom is 0.344 e. The lowest BCUT2D eigenvalue weighted by molar-refractivity contribution is -0.147. The largest absolute Gasteiger partial charge is 0.462 e. The van der Waals surface area contributed by atoms with Crippen molar-refractivity contribution < 1.29 is 19.1 Å². The van der Waals surface area contributed by atoms with Crippen LogP contribution in [0.2, 0.25) is 0 Å². The Balaban J connectivity index is 3.39. The average molecular weight is 621 g/mol. The third kappa shape index (κ3) is 32.1. The van der Waals surface area contributed by atoms with E-state index in [0.717, 1.165) is 25.7 Å². The molecule has 44 heavy (non-hydrogen) atoms. The fourth-order valence-corrected chi connectivity index (χ4v) is 5.89. The number of ether oxygens (including phenoxy) is 2. The van der Waals surface area contributed by atoms with Crippen LogP contribution < -0.4 is 0 Å². The van der Waals surface area contributed by atoms with Crippen molar-refractivity contribution in [2.24, 2.45) is 0 Å². The highest BCUT2D eigenvalue weighted by Gasteiger charge is 2.18. The Labute approximate surface area is 275 Å². The van der Waals surface area contributed by atoms with E-state index in [1.807, 2.05) is 0 Å². The summed E-state index contributed by atoms with van der Waals surface area (Å²) in [5.41, 5.74) is -0.182. The van der Waals surface area contributed by atoms with Crippen molar-refractivity contribution in [2.45, 2.75) is 219 Å². The first-order valence-corrected chi connectivity index (χ1v) is 19.7. The van der Waals surface area contributed by atoms with Crippen molar-refractivity contribution in [3.63, 3.8) is 0 Å². The molecule has 4 nitrogen and oxygen atoms in total. The van der Waals surface area contributed by atoms with E-state index < -0.39 is 11.9 Å². The number of carbonyl (C=O) groups is 2. The lowest BCUT2D eigenvalue weighted by Crippen LogP contribution is -2.18. The van der Waals surface area contributed by atoms with Crippen molar-refractivity contribution >= 4 is 11.9 Å². The van der Waals surface area contributed by atoms with E-state index in [0.29, 0.717) is 13.2 Å². The molecule has 0 saturated heterocycles. The molecular formula is C40H76O4. The summed E-state index contributed by atoms with van der Waals surface area (Å²) in [5.74, 6) is -1.27. The maximum atomic E-state index is 12.1. The quantitative estimate of drug-likeness (QED) is 0.0230. The van der Waals surface area contributed by atoms with Crippen LogP contribution in [0.3, 0.4) is 0 Å². The second-order valence-electron chi connectivity index (χ2n) is 13.4. The first-order valence-electron chi connectivity index (χ1n) is 19.7. The first-order chi connectivity index (χ1) is 21.6. The van der Waals surface area contributed by atoms with E-state index in [4.69, 9.17) is 9.47 Å². The summed E-state index contributed by atoms with van der Waals surface area (Å²) < 4.78 is 10.5. The third-order valence-electron chi connectivity index (χ3n) is 8.95. The van der Waals surface area contributed by atoms with Crippen molar-refractivity contribution in [1.29, 1.82) is 0 Å². The van der Waals surface area contributed by atoms with Gasteiger partial charge in [0.15, 0.2) is 0 Å². The smallest absolute Gasteiger partial charge is 0.344 e. The van der Waals surface area contributed by atoms with Gasteiger partial charge in [-0.1, -0.05) is 213 Å². The molecule has 0 aromatic rings. The predicted molar refractivity (Wildman–Crippen MR) is 190 cm³/mol. The minimum absolute atomic E-state index is 0.182. The van der Waals surface area contributed by atoms with Crippen molar-refractivity contribution in [1.82, 2.24) is 0 Å². The van der Waals surface area contributed by atoms with Gasteiger partial charge in [0, 0.05) is 0 Å². The fourth-order valence-electron chi connectivity index (χ4n) is 5.89. The van der Waals surface area contributed by atoms with Crippen LogP contribution in [-0.4, -0.2) is 25.2 Å². The number of esters is 2. The molecule has 0 aromatic carbocycles. The van der Waals surface area contributed by atoms with Gasteiger partial charge in [0.25, 0.3) is 0 Å².